The van der Waals surface area contributed by atoms with Gasteiger partial charge < -0.3 is 15.0 Å². The van der Waals surface area contributed by atoms with Crippen molar-refractivity contribution in [2.75, 3.05) is 24.5 Å². The summed E-state index contributed by atoms with van der Waals surface area (Å²) >= 11 is 0. The topological polar surface area (TPSA) is 41.6 Å². The lowest BCUT2D eigenvalue weighted by Crippen LogP contribution is -2.49. The summed E-state index contributed by atoms with van der Waals surface area (Å²) in [7, 11) is 0. The van der Waals surface area contributed by atoms with Crippen molar-refractivity contribution in [2.45, 2.75) is 25.3 Å². The van der Waals surface area contributed by atoms with E-state index in [0.29, 0.717) is 18.2 Å². The summed E-state index contributed by atoms with van der Waals surface area (Å²) in [5, 5.41) is 3.39. The molecule has 1 fully saturated rings. The molecule has 1 saturated heterocycles. The standard InChI is InChI=1S/C20H20F2N2O2/c1-12-11-24(8-7-23-12)14-6-5-13-9-16(20(25)26-18(13)10-14)15-3-2-4-17(21)19(15)22/h2-6,10,12,16,23H,7-9,11H2,1H3/t12-,16?/m0/s1. The van der Waals surface area contributed by atoms with Gasteiger partial charge >= 0.3 is 5.97 Å². The van der Waals surface area contributed by atoms with Gasteiger partial charge in [0, 0.05) is 43.0 Å². The second kappa shape index (κ2) is 6.68. The van der Waals surface area contributed by atoms with E-state index in [4.69, 9.17) is 4.74 Å². The number of hydrogen-bond donors (Lipinski definition) is 1. The molecule has 136 valence electrons. The predicted octanol–water partition coefficient (Wildman–Crippen LogP) is 3.01. The Morgan fingerprint density at radius 3 is 2.88 bits per heavy atom. The van der Waals surface area contributed by atoms with E-state index in [2.05, 4.69) is 17.1 Å². The van der Waals surface area contributed by atoms with Crippen molar-refractivity contribution >= 4 is 11.7 Å². The number of piperazine rings is 1. The molecule has 2 aliphatic rings. The Balaban J connectivity index is 1.61. The van der Waals surface area contributed by atoms with Crippen molar-refractivity contribution in [1.29, 1.82) is 0 Å². The maximum absolute atomic E-state index is 14.1. The Bertz CT molecular complexity index is 856. The molecular weight excluding hydrogens is 338 g/mol. The van der Waals surface area contributed by atoms with Gasteiger partial charge in [0.25, 0.3) is 0 Å². The Labute approximate surface area is 150 Å². The number of nitrogens with one attached hydrogen (secondary N) is 1. The van der Waals surface area contributed by atoms with E-state index in [1.807, 2.05) is 18.2 Å². The maximum atomic E-state index is 14.1. The normalized spacial score (nSPS) is 22.7. The fourth-order valence-corrected chi connectivity index (χ4v) is 3.68. The minimum Gasteiger partial charge on any atom is -0.426 e. The Kier molecular flexibility index (Phi) is 4.36. The average Bonchev–Trinajstić information content (AvgIpc) is 2.63. The minimum atomic E-state index is -0.982. The molecule has 0 saturated carbocycles. The quantitative estimate of drug-likeness (QED) is 0.662. The molecule has 2 aliphatic heterocycles. The summed E-state index contributed by atoms with van der Waals surface area (Å²) in [5.74, 6) is -2.81. The zero-order valence-electron chi connectivity index (χ0n) is 14.5. The maximum Gasteiger partial charge on any atom is 0.319 e. The number of anilines is 1. The highest BCUT2D eigenvalue weighted by Crippen LogP contribution is 2.37. The first-order chi connectivity index (χ1) is 12.5. The van der Waals surface area contributed by atoms with Gasteiger partial charge in [0.1, 0.15) is 5.75 Å². The molecule has 2 aromatic carbocycles. The zero-order chi connectivity index (χ0) is 18.3. The molecule has 2 atom stereocenters. The SMILES string of the molecule is C[C@H]1CN(c2ccc3c(c2)OC(=O)C(c2cccc(F)c2F)C3)CCN1. The molecule has 0 bridgehead atoms. The van der Waals surface area contributed by atoms with Gasteiger partial charge in [-0.2, -0.15) is 0 Å². The van der Waals surface area contributed by atoms with Crippen LogP contribution in [-0.2, 0) is 11.2 Å². The molecule has 0 spiro atoms. The van der Waals surface area contributed by atoms with Crippen LogP contribution in [0.2, 0.25) is 0 Å². The lowest BCUT2D eigenvalue weighted by Gasteiger charge is -2.34. The Hall–Kier alpha value is -2.47. The molecule has 0 aromatic heterocycles. The van der Waals surface area contributed by atoms with Crippen molar-refractivity contribution in [3.63, 3.8) is 0 Å². The molecule has 4 rings (SSSR count). The molecule has 26 heavy (non-hydrogen) atoms. The van der Waals surface area contributed by atoms with Crippen molar-refractivity contribution in [3.8, 4) is 5.75 Å². The highest BCUT2D eigenvalue weighted by molar-refractivity contribution is 5.83. The summed E-state index contributed by atoms with van der Waals surface area (Å²) in [5.41, 5.74) is 1.87. The van der Waals surface area contributed by atoms with Crippen molar-refractivity contribution in [1.82, 2.24) is 5.32 Å². The van der Waals surface area contributed by atoms with E-state index in [1.54, 1.807) is 0 Å². The van der Waals surface area contributed by atoms with Gasteiger partial charge in [0.2, 0.25) is 0 Å². The van der Waals surface area contributed by atoms with Gasteiger partial charge in [0.05, 0.1) is 5.92 Å². The minimum absolute atomic E-state index is 0.0423. The molecule has 2 aromatic rings. The summed E-state index contributed by atoms with van der Waals surface area (Å²) < 4.78 is 33.1. The Morgan fingerprint density at radius 1 is 1.23 bits per heavy atom. The lowest BCUT2D eigenvalue weighted by atomic mass is 9.89. The number of hydrogen-bond acceptors (Lipinski definition) is 4. The summed E-state index contributed by atoms with van der Waals surface area (Å²) in [6, 6.07) is 10.0. The van der Waals surface area contributed by atoms with E-state index < -0.39 is 23.5 Å². The van der Waals surface area contributed by atoms with Gasteiger partial charge in [-0.3, -0.25) is 4.79 Å². The van der Waals surface area contributed by atoms with Crippen LogP contribution in [-0.4, -0.2) is 31.6 Å². The largest absolute Gasteiger partial charge is 0.426 e. The molecule has 0 aliphatic carbocycles. The number of halogens is 2. The first-order valence-corrected chi connectivity index (χ1v) is 8.80. The fraction of sp³-hybridized carbons (Fsp3) is 0.350. The highest BCUT2D eigenvalue weighted by atomic mass is 19.2. The van der Waals surface area contributed by atoms with Gasteiger partial charge in [-0.05, 0) is 31.0 Å². The number of carbonyl (C=O) groups excluding carboxylic acids is 1. The Morgan fingerprint density at radius 2 is 2.08 bits per heavy atom. The molecule has 4 nitrogen and oxygen atoms in total. The van der Waals surface area contributed by atoms with Crippen LogP contribution in [0.15, 0.2) is 36.4 Å². The second-order valence-corrected chi connectivity index (χ2v) is 6.91. The van der Waals surface area contributed by atoms with E-state index in [0.717, 1.165) is 37.0 Å². The van der Waals surface area contributed by atoms with Gasteiger partial charge in [-0.25, -0.2) is 8.78 Å². The van der Waals surface area contributed by atoms with Crippen LogP contribution in [0.3, 0.4) is 0 Å². The van der Waals surface area contributed by atoms with Gasteiger partial charge in [0.15, 0.2) is 11.6 Å². The highest BCUT2D eigenvalue weighted by Gasteiger charge is 2.33. The molecule has 6 heteroatoms. The van der Waals surface area contributed by atoms with Gasteiger partial charge in [-0.1, -0.05) is 18.2 Å². The van der Waals surface area contributed by atoms with E-state index >= 15 is 0 Å². The monoisotopic (exact) mass is 358 g/mol. The first-order valence-electron chi connectivity index (χ1n) is 8.80. The predicted molar refractivity (Wildman–Crippen MR) is 94.6 cm³/mol. The number of carbonyl (C=O) groups is 1. The van der Waals surface area contributed by atoms with E-state index in [-0.39, 0.29) is 5.56 Å². The zero-order valence-corrected chi connectivity index (χ0v) is 14.5. The lowest BCUT2D eigenvalue weighted by molar-refractivity contribution is -0.137. The van der Waals surface area contributed by atoms with E-state index in [9.17, 15) is 13.6 Å². The molecule has 1 unspecified atom stereocenters. The third kappa shape index (κ3) is 3.05. The smallest absolute Gasteiger partial charge is 0.319 e. The van der Waals surface area contributed by atoms with Crippen molar-refractivity contribution in [3.05, 3.63) is 59.2 Å². The average molecular weight is 358 g/mol. The number of esters is 1. The van der Waals surface area contributed by atoms with Gasteiger partial charge in [-0.15, -0.1) is 0 Å². The van der Waals surface area contributed by atoms with Crippen LogP contribution in [0, 0.1) is 11.6 Å². The molecule has 0 radical (unpaired) electrons. The summed E-state index contributed by atoms with van der Waals surface area (Å²) in [6.07, 6.45) is 0.298. The van der Waals surface area contributed by atoms with Crippen LogP contribution in [0.5, 0.6) is 5.75 Å². The molecule has 0 amide bonds. The third-order valence-corrected chi connectivity index (χ3v) is 5.06. The van der Waals surface area contributed by atoms with Crippen LogP contribution in [0.25, 0.3) is 0 Å². The van der Waals surface area contributed by atoms with Crippen LogP contribution in [0.4, 0.5) is 14.5 Å². The second-order valence-electron chi connectivity index (χ2n) is 6.91. The first kappa shape index (κ1) is 17.0. The van der Waals surface area contributed by atoms with E-state index in [1.165, 1.54) is 12.1 Å². The van der Waals surface area contributed by atoms with Crippen molar-refractivity contribution < 1.29 is 18.3 Å². The number of fused-ring (bicyclic) bond motifs is 1. The molecule has 2 heterocycles. The molecular formula is C20H20F2N2O2. The number of nitrogens with zero attached hydrogens (tertiary/aromatic N) is 1. The fourth-order valence-electron chi connectivity index (χ4n) is 3.68. The summed E-state index contributed by atoms with van der Waals surface area (Å²) in [4.78, 5) is 14.7. The molecule has 1 N–H and O–H groups in total. The van der Waals surface area contributed by atoms with Crippen LogP contribution in [0.1, 0.15) is 24.0 Å². The van der Waals surface area contributed by atoms with Crippen LogP contribution < -0.4 is 15.0 Å². The summed E-state index contributed by atoms with van der Waals surface area (Å²) in [6.45, 7) is 4.79. The number of rotatable bonds is 2. The van der Waals surface area contributed by atoms with Crippen molar-refractivity contribution in [2.24, 2.45) is 0 Å². The number of ether oxygens (including phenoxy) is 1. The third-order valence-electron chi connectivity index (χ3n) is 5.06. The van der Waals surface area contributed by atoms with Crippen LogP contribution >= 0.6 is 0 Å². The number of benzene rings is 2.